The first-order valence-electron chi connectivity index (χ1n) is 11.1. The molecule has 3 aromatic carbocycles. The first kappa shape index (κ1) is 24.8. The number of anilines is 1. The topological polar surface area (TPSA) is 119 Å². The summed E-state index contributed by atoms with van der Waals surface area (Å²) in [5, 5.41) is 7.42. The van der Waals surface area contributed by atoms with Crippen molar-refractivity contribution < 1.29 is 27.1 Å². The highest BCUT2D eigenvalue weighted by molar-refractivity contribution is 7.89. The highest BCUT2D eigenvalue weighted by Crippen LogP contribution is 2.29. The Morgan fingerprint density at radius 3 is 2.36 bits per heavy atom. The van der Waals surface area contributed by atoms with Gasteiger partial charge in [0.1, 0.15) is 11.1 Å². The minimum Gasteiger partial charge on any atom is -0.493 e. The third-order valence-corrected chi connectivity index (χ3v) is 6.66. The van der Waals surface area contributed by atoms with Crippen LogP contribution in [0, 0.1) is 0 Å². The maximum absolute atomic E-state index is 13.1. The van der Waals surface area contributed by atoms with Gasteiger partial charge in [0.15, 0.2) is 11.5 Å². The predicted octanol–water partition coefficient (Wildman–Crippen LogP) is 4.06. The molecule has 2 N–H and O–H groups in total. The molecule has 0 fully saturated rings. The van der Waals surface area contributed by atoms with Gasteiger partial charge >= 0.3 is 0 Å². The molecule has 0 atom stereocenters. The lowest BCUT2D eigenvalue weighted by atomic mass is 10.1. The van der Waals surface area contributed by atoms with Crippen molar-refractivity contribution >= 4 is 32.6 Å². The fraction of sp³-hybridized carbons (Fsp3) is 0.154. The number of ether oxygens (including phenoxy) is 2. The zero-order valence-electron chi connectivity index (χ0n) is 19.9. The van der Waals surface area contributed by atoms with Crippen LogP contribution in [0.4, 0.5) is 5.69 Å². The van der Waals surface area contributed by atoms with Crippen LogP contribution >= 0.6 is 0 Å². The number of methoxy groups -OCH3 is 2. The minimum absolute atomic E-state index is 0.0586. The molecule has 0 bridgehead atoms. The Morgan fingerprint density at radius 2 is 1.67 bits per heavy atom. The molecule has 10 heteroatoms. The van der Waals surface area contributed by atoms with Gasteiger partial charge in [-0.2, -0.15) is 13.2 Å². The molecule has 0 aliphatic rings. The zero-order chi connectivity index (χ0) is 25.7. The quantitative estimate of drug-likeness (QED) is 0.347. The summed E-state index contributed by atoms with van der Waals surface area (Å²) in [5.74, 6) is 0.117. The Labute approximate surface area is 208 Å². The van der Waals surface area contributed by atoms with Gasteiger partial charge < -0.3 is 19.2 Å². The number of rotatable bonds is 8. The fourth-order valence-electron chi connectivity index (χ4n) is 3.47. The molecule has 0 saturated carbocycles. The molecular formula is C26H25N3O6S. The molecule has 1 heterocycles. The highest BCUT2D eigenvalue weighted by atomic mass is 32.2. The van der Waals surface area contributed by atoms with E-state index in [0.717, 1.165) is 12.0 Å². The Morgan fingerprint density at radius 1 is 0.944 bits per heavy atom. The van der Waals surface area contributed by atoms with E-state index in [0.29, 0.717) is 22.4 Å². The molecule has 9 nitrogen and oxygen atoms in total. The number of hydrogen-bond acceptors (Lipinski definition) is 7. The summed E-state index contributed by atoms with van der Waals surface area (Å²) < 4.78 is 42.0. The first-order valence-corrected chi connectivity index (χ1v) is 12.5. The number of fused-ring (bicyclic) bond motifs is 1. The largest absolute Gasteiger partial charge is 0.493 e. The van der Waals surface area contributed by atoms with Gasteiger partial charge in [0.2, 0.25) is 5.55 Å². The molecule has 186 valence electrons. The number of nitrogens with one attached hydrogen (secondary N) is 2. The van der Waals surface area contributed by atoms with E-state index in [1.165, 1.54) is 32.4 Å². The van der Waals surface area contributed by atoms with Crippen LogP contribution in [0.2, 0.25) is 0 Å². The van der Waals surface area contributed by atoms with Crippen LogP contribution in [0.25, 0.3) is 11.0 Å². The minimum atomic E-state index is -4.12. The lowest BCUT2D eigenvalue weighted by Gasteiger charge is -2.10. The van der Waals surface area contributed by atoms with Crippen molar-refractivity contribution in [2.45, 2.75) is 18.2 Å². The van der Waals surface area contributed by atoms with Crippen molar-refractivity contribution in [2.24, 2.45) is 5.10 Å². The summed E-state index contributed by atoms with van der Waals surface area (Å²) in [6.07, 6.45) is 0.876. The second kappa shape index (κ2) is 10.5. The van der Waals surface area contributed by atoms with Crippen LogP contribution < -0.4 is 25.2 Å². The van der Waals surface area contributed by atoms with Gasteiger partial charge in [-0.15, -0.1) is 5.10 Å². The number of carbonyl (C=O) groups excluding carboxylic acids is 1. The molecule has 0 spiro atoms. The van der Waals surface area contributed by atoms with Crippen molar-refractivity contribution in [1.82, 2.24) is 4.83 Å². The van der Waals surface area contributed by atoms with E-state index in [9.17, 15) is 13.2 Å². The van der Waals surface area contributed by atoms with Gasteiger partial charge in [0, 0.05) is 17.1 Å². The number of hydrogen-bond donors (Lipinski definition) is 2. The summed E-state index contributed by atoms with van der Waals surface area (Å²) >= 11 is 0. The Bertz CT molecular complexity index is 1580. The number of para-hydroxylation sites is 1. The first-order chi connectivity index (χ1) is 17.3. The van der Waals surface area contributed by atoms with Crippen molar-refractivity contribution in [3.8, 4) is 11.5 Å². The van der Waals surface area contributed by atoms with Crippen molar-refractivity contribution in [3.63, 3.8) is 0 Å². The smallest absolute Gasteiger partial charge is 0.276 e. The maximum Gasteiger partial charge on any atom is 0.276 e. The van der Waals surface area contributed by atoms with Gasteiger partial charge in [0.25, 0.3) is 15.9 Å². The van der Waals surface area contributed by atoms with Crippen molar-refractivity contribution in [2.75, 3.05) is 19.5 Å². The summed E-state index contributed by atoms with van der Waals surface area (Å²) in [4.78, 5) is 15.2. The SMILES string of the molecule is CCc1ccc(NC(=O)c2cc3ccccc3oc2=NNS(=O)(=O)c2ccc(OC)c(OC)c2)cc1. The van der Waals surface area contributed by atoms with Crippen molar-refractivity contribution in [3.05, 3.63) is 89.5 Å². The molecule has 4 aromatic rings. The average molecular weight is 508 g/mol. The lowest BCUT2D eigenvalue weighted by Crippen LogP contribution is -2.27. The number of nitrogens with zero attached hydrogens (tertiary/aromatic N) is 1. The van der Waals surface area contributed by atoms with Gasteiger partial charge in [0.05, 0.1) is 19.1 Å². The second-order valence-corrected chi connectivity index (χ2v) is 9.39. The van der Waals surface area contributed by atoms with Crippen LogP contribution in [-0.2, 0) is 16.4 Å². The van der Waals surface area contributed by atoms with Crippen molar-refractivity contribution in [1.29, 1.82) is 0 Å². The highest BCUT2D eigenvalue weighted by Gasteiger charge is 2.18. The van der Waals surface area contributed by atoms with E-state index < -0.39 is 15.9 Å². The third kappa shape index (κ3) is 5.33. The molecule has 1 aromatic heterocycles. The standard InChI is InChI=1S/C26H25N3O6S/c1-4-17-9-11-19(12-10-17)27-25(30)21-15-18-7-5-6-8-22(18)35-26(21)28-29-36(31,32)20-13-14-23(33-2)24(16-20)34-3/h5-16,29H,4H2,1-3H3,(H,27,30). The van der Waals surface area contributed by atoms with E-state index in [-0.39, 0.29) is 21.8 Å². The molecular weight excluding hydrogens is 482 g/mol. The summed E-state index contributed by atoms with van der Waals surface area (Å²) in [6, 6.07) is 20.2. The number of carbonyl (C=O) groups is 1. The number of sulfonamides is 1. The van der Waals surface area contributed by atoms with Gasteiger partial charge in [-0.3, -0.25) is 4.79 Å². The molecule has 0 unspecified atom stereocenters. The van der Waals surface area contributed by atoms with Crippen LogP contribution in [0.1, 0.15) is 22.8 Å². The molecule has 0 saturated heterocycles. The van der Waals surface area contributed by atoms with E-state index in [1.54, 1.807) is 42.5 Å². The number of aryl methyl sites for hydroxylation is 1. The van der Waals surface area contributed by atoms with Crippen LogP contribution in [0.15, 0.2) is 87.2 Å². The van der Waals surface area contributed by atoms with Gasteiger partial charge in [-0.1, -0.05) is 37.3 Å². The van der Waals surface area contributed by atoms with E-state index in [2.05, 4.69) is 15.2 Å². The van der Waals surface area contributed by atoms with Gasteiger partial charge in [-0.05, 0) is 48.4 Å². The molecule has 0 aliphatic heterocycles. The molecule has 0 aliphatic carbocycles. The average Bonchev–Trinajstić information content (AvgIpc) is 2.91. The predicted molar refractivity (Wildman–Crippen MR) is 135 cm³/mol. The van der Waals surface area contributed by atoms with Crippen LogP contribution in [0.5, 0.6) is 11.5 Å². The van der Waals surface area contributed by atoms with E-state index >= 15 is 0 Å². The van der Waals surface area contributed by atoms with Crippen LogP contribution in [0.3, 0.4) is 0 Å². The third-order valence-electron chi connectivity index (χ3n) is 5.45. The second-order valence-electron chi connectivity index (χ2n) is 7.73. The summed E-state index contributed by atoms with van der Waals surface area (Å²) in [5.41, 5.74) is 2.02. The van der Waals surface area contributed by atoms with Crippen LogP contribution in [-0.4, -0.2) is 28.5 Å². The monoisotopic (exact) mass is 507 g/mol. The molecule has 1 amide bonds. The molecule has 36 heavy (non-hydrogen) atoms. The molecule has 4 rings (SSSR count). The summed E-state index contributed by atoms with van der Waals surface area (Å²) in [6.45, 7) is 2.04. The summed E-state index contributed by atoms with van der Waals surface area (Å²) in [7, 11) is -1.27. The van der Waals surface area contributed by atoms with E-state index in [1.807, 2.05) is 19.1 Å². The number of amides is 1. The zero-order valence-corrected chi connectivity index (χ0v) is 20.8. The number of benzene rings is 3. The Balaban J connectivity index is 1.72. The normalized spacial score (nSPS) is 11.8. The van der Waals surface area contributed by atoms with E-state index in [4.69, 9.17) is 13.9 Å². The molecule has 0 radical (unpaired) electrons. The lowest BCUT2D eigenvalue weighted by molar-refractivity contribution is 0.102. The fourth-order valence-corrected chi connectivity index (χ4v) is 4.29. The Kier molecular flexibility index (Phi) is 7.25. The Hall–Kier alpha value is -4.31. The van der Waals surface area contributed by atoms with Gasteiger partial charge in [-0.25, -0.2) is 0 Å². The maximum atomic E-state index is 13.1.